The second-order valence-electron chi connectivity index (χ2n) is 18.1. The highest BCUT2D eigenvalue weighted by Gasteiger charge is 2.84. The van der Waals surface area contributed by atoms with Gasteiger partial charge in [0.15, 0.2) is 6.29 Å². The fourth-order valence-corrected chi connectivity index (χ4v) is 13.8. The molecule has 2 heterocycles. The number of aliphatic hydroxyl groups excluding tert-OH is 1. The molecule has 252 valence electrons. The van der Waals surface area contributed by atoms with E-state index < -0.39 is 12.1 Å². The van der Waals surface area contributed by atoms with Crippen molar-refractivity contribution in [3.8, 4) is 0 Å². The summed E-state index contributed by atoms with van der Waals surface area (Å²) in [6, 6.07) is 0. The zero-order valence-corrected chi connectivity index (χ0v) is 28.3. The van der Waals surface area contributed by atoms with Gasteiger partial charge in [-0.25, -0.2) is 0 Å². The first kappa shape index (κ1) is 31.1. The monoisotopic (exact) mass is 627 g/mol. The van der Waals surface area contributed by atoms with Crippen molar-refractivity contribution in [3.63, 3.8) is 0 Å². The smallest absolute Gasteiger partial charge is 0.305 e. The van der Waals surface area contributed by atoms with Gasteiger partial charge in [0.05, 0.1) is 44.0 Å². The van der Waals surface area contributed by atoms with Crippen molar-refractivity contribution >= 4 is 11.9 Å². The first-order chi connectivity index (χ1) is 21.3. The molecule has 2 spiro atoms. The van der Waals surface area contributed by atoms with Gasteiger partial charge in [-0.3, -0.25) is 9.59 Å². The summed E-state index contributed by atoms with van der Waals surface area (Å²) in [6.45, 7) is 13.8. The highest BCUT2D eigenvalue weighted by Crippen LogP contribution is 2.89. The number of morpholine rings is 1. The zero-order chi connectivity index (χ0) is 31.7. The van der Waals surface area contributed by atoms with Crippen molar-refractivity contribution in [2.45, 2.75) is 142 Å². The minimum atomic E-state index is -0.818. The van der Waals surface area contributed by atoms with E-state index in [1.54, 1.807) is 0 Å². The van der Waals surface area contributed by atoms with E-state index in [-0.39, 0.29) is 64.5 Å². The molecule has 0 aromatic heterocycles. The SMILES string of the molecule is C[C@@H]1C[C@H](CC(=O)O)O[C@H]2[C@H]1[C@@]1(C)CC[C@@]34C[C@@]35CCC(O[C@H]3CN(C(=O)CC6CC6)CCO3)C(C)(C)[C@@H]5CC[C@H]4[C@]1(C)[C@H]2O. The Kier molecular flexibility index (Phi) is 7.01. The quantitative estimate of drug-likeness (QED) is 0.393. The first-order valence-electron chi connectivity index (χ1n) is 18.4. The van der Waals surface area contributed by atoms with Gasteiger partial charge in [0, 0.05) is 18.4 Å². The number of carboxylic acids is 1. The molecule has 1 unspecified atom stereocenters. The largest absolute Gasteiger partial charge is 0.481 e. The predicted molar refractivity (Wildman–Crippen MR) is 167 cm³/mol. The number of aliphatic carboxylic acids is 1. The Labute approximate surface area is 269 Å². The lowest BCUT2D eigenvalue weighted by atomic mass is 9.41. The summed E-state index contributed by atoms with van der Waals surface area (Å²) in [5.41, 5.74) is 0.300. The maximum atomic E-state index is 12.9. The highest BCUT2D eigenvalue weighted by molar-refractivity contribution is 5.76. The van der Waals surface area contributed by atoms with Gasteiger partial charge >= 0.3 is 5.97 Å². The van der Waals surface area contributed by atoms with Crippen LogP contribution in [0.4, 0.5) is 0 Å². The first-order valence-corrected chi connectivity index (χ1v) is 18.4. The third-order valence-electron chi connectivity index (χ3n) is 16.1. The van der Waals surface area contributed by atoms with Crippen LogP contribution >= 0.6 is 0 Å². The summed E-state index contributed by atoms with van der Waals surface area (Å²) < 4.78 is 19.5. The molecule has 2 N–H and O–H groups in total. The summed E-state index contributed by atoms with van der Waals surface area (Å²) in [6.07, 6.45) is 10.5. The van der Waals surface area contributed by atoms with Crippen LogP contribution in [0.1, 0.15) is 112 Å². The Morgan fingerprint density at radius 1 is 0.956 bits per heavy atom. The number of hydrogen-bond acceptors (Lipinski definition) is 6. The van der Waals surface area contributed by atoms with Crippen molar-refractivity contribution in [2.75, 3.05) is 19.7 Å². The lowest BCUT2D eigenvalue weighted by Gasteiger charge is -2.64. The molecule has 6 saturated carbocycles. The molecule has 0 radical (unpaired) electrons. The molecule has 8 fully saturated rings. The van der Waals surface area contributed by atoms with Gasteiger partial charge in [0.1, 0.15) is 0 Å². The fourth-order valence-electron chi connectivity index (χ4n) is 13.8. The third-order valence-corrected chi connectivity index (χ3v) is 16.1. The number of hydrogen-bond donors (Lipinski definition) is 2. The van der Waals surface area contributed by atoms with Crippen LogP contribution in [0.3, 0.4) is 0 Å². The number of ether oxygens (including phenoxy) is 3. The zero-order valence-electron chi connectivity index (χ0n) is 28.3. The van der Waals surface area contributed by atoms with Crippen LogP contribution < -0.4 is 0 Å². The van der Waals surface area contributed by atoms with E-state index in [0.717, 1.165) is 32.1 Å². The van der Waals surface area contributed by atoms with E-state index in [9.17, 15) is 19.8 Å². The minimum Gasteiger partial charge on any atom is -0.481 e. The summed E-state index contributed by atoms with van der Waals surface area (Å²) in [4.78, 5) is 26.4. The summed E-state index contributed by atoms with van der Waals surface area (Å²) in [5, 5.41) is 21.8. The summed E-state index contributed by atoms with van der Waals surface area (Å²) >= 11 is 0. The lowest BCUT2D eigenvalue weighted by Crippen LogP contribution is -2.60. The van der Waals surface area contributed by atoms with Crippen LogP contribution in [0.5, 0.6) is 0 Å². The molecule has 8 heteroatoms. The van der Waals surface area contributed by atoms with Crippen LogP contribution in [-0.2, 0) is 23.8 Å². The van der Waals surface area contributed by atoms with E-state index in [1.165, 1.54) is 32.1 Å². The molecule has 45 heavy (non-hydrogen) atoms. The van der Waals surface area contributed by atoms with Crippen LogP contribution in [0.15, 0.2) is 0 Å². The second-order valence-corrected chi connectivity index (χ2v) is 18.1. The van der Waals surface area contributed by atoms with Crippen molar-refractivity contribution in [3.05, 3.63) is 0 Å². The average molecular weight is 628 g/mol. The van der Waals surface area contributed by atoms with Gasteiger partial charge < -0.3 is 29.3 Å². The maximum Gasteiger partial charge on any atom is 0.305 e. The molecule has 0 aromatic carbocycles. The molecule has 1 amide bonds. The van der Waals surface area contributed by atoms with Gasteiger partial charge in [-0.05, 0) is 115 Å². The van der Waals surface area contributed by atoms with Crippen molar-refractivity contribution < 1.29 is 34.0 Å². The second kappa shape index (κ2) is 10.1. The predicted octanol–water partition coefficient (Wildman–Crippen LogP) is 5.64. The number of carboxylic acid groups (broad SMARTS) is 1. The van der Waals surface area contributed by atoms with Crippen molar-refractivity contribution in [2.24, 2.45) is 56.7 Å². The van der Waals surface area contributed by atoms with Crippen LogP contribution in [0.25, 0.3) is 0 Å². The van der Waals surface area contributed by atoms with Crippen molar-refractivity contribution in [1.82, 2.24) is 4.90 Å². The Morgan fingerprint density at radius 2 is 1.69 bits per heavy atom. The van der Waals surface area contributed by atoms with Crippen LogP contribution in [-0.4, -0.2) is 77.4 Å². The highest BCUT2D eigenvalue weighted by atomic mass is 16.7. The van der Waals surface area contributed by atoms with E-state index in [2.05, 4.69) is 34.6 Å². The molecule has 0 bridgehead atoms. The summed E-state index contributed by atoms with van der Waals surface area (Å²) in [5.74, 6) is 1.66. The molecular weight excluding hydrogens is 570 g/mol. The lowest BCUT2D eigenvalue weighted by molar-refractivity contribution is -0.248. The number of carbonyl (C=O) groups excluding carboxylic acids is 1. The number of rotatable bonds is 6. The molecule has 8 rings (SSSR count). The van der Waals surface area contributed by atoms with Gasteiger partial charge in [0.2, 0.25) is 5.91 Å². The topological polar surface area (TPSA) is 106 Å². The number of nitrogens with zero attached hydrogens (tertiary/aromatic N) is 1. The van der Waals surface area contributed by atoms with Gasteiger partial charge in [-0.2, -0.15) is 0 Å². The van der Waals surface area contributed by atoms with Gasteiger partial charge in [-0.15, -0.1) is 0 Å². The van der Waals surface area contributed by atoms with Gasteiger partial charge in [-0.1, -0.05) is 34.6 Å². The normalized spacial score (nSPS) is 52.9. The maximum absolute atomic E-state index is 12.9. The van der Waals surface area contributed by atoms with Crippen molar-refractivity contribution in [1.29, 1.82) is 0 Å². The van der Waals surface area contributed by atoms with Crippen LogP contribution in [0.2, 0.25) is 0 Å². The fraction of sp³-hybridized carbons (Fsp3) is 0.946. The molecule has 2 saturated heterocycles. The molecule has 13 atom stereocenters. The van der Waals surface area contributed by atoms with Gasteiger partial charge in [0.25, 0.3) is 0 Å². The molecule has 2 aliphatic heterocycles. The standard InChI is InChI=1S/C37H57NO7/c1-21-16-23(18-28(40)41)44-31-30(21)34(4)12-13-37-20-36(37)11-10-26(33(2,3)24(36)8-9-25(37)35(34,5)32(31)42)45-29-19-38(14-15-43-29)27(39)17-22-6-7-22/h21-26,29-32,42H,6-20H2,1-5H3,(H,40,41)/t21-,23-,24+,25+,26?,29+,30+,31+,32+,34-,35-,36-,37+/m1/s1. The van der Waals surface area contributed by atoms with E-state index in [1.807, 2.05) is 4.90 Å². The Bertz CT molecular complexity index is 1240. The molecule has 0 aromatic rings. The Balaban J connectivity index is 1.01. The van der Waals surface area contributed by atoms with E-state index >= 15 is 0 Å². The number of amides is 1. The Hall–Kier alpha value is -1.22. The Morgan fingerprint density at radius 3 is 2.42 bits per heavy atom. The minimum absolute atomic E-state index is 0.00198. The third kappa shape index (κ3) is 4.22. The summed E-state index contributed by atoms with van der Waals surface area (Å²) in [7, 11) is 0. The molecular formula is C37H57NO7. The number of carbonyl (C=O) groups is 2. The number of fused-ring (bicyclic) bond motifs is 4. The van der Waals surface area contributed by atoms with Crippen LogP contribution in [0, 0.1) is 56.7 Å². The van der Waals surface area contributed by atoms with E-state index in [0.29, 0.717) is 55.2 Å². The molecule has 8 nitrogen and oxygen atoms in total. The van der Waals surface area contributed by atoms with E-state index in [4.69, 9.17) is 14.2 Å². The molecule has 6 aliphatic carbocycles. The number of aliphatic hydroxyl groups is 1. The average Bonchev–Trinajstić information content (AvgIpc) is 3.89. The molecule has 8 aliphatic rings.